The van der Waals surface area contributed by atoms with Crippen LogP contribution >= 0.6 is 15.9 Å². The zero-order valence-electron chi connectivity index (χ0n) is 12.3. The Morgan fingerprint density at radius 3 is 2.38 bits per heavy atom. The lowest BCUT2D eigenvalue weighted by atomic mass is 10.1. The minimum Gasteiger partial charge on any atom is -0.496 e. The average Bonchev–Trinajstić information content (AvgIpc) is 2.50. The predicted molar refractivity (Wildman–Crippen MR) is 86.4 cm³/mol. The van der Waals surface area contributed by atoms with Crippen molar-refractivity contribution in [2.45, 2.75) is 13.8 Å². The number of para-hydroxylation sites is 1. The molecule has 0 aliphatic heterocycles. The van der Waals surface area contributed by atoms with Crippen molar-refractivity contribution < 1.29 is 14.3 Å². The Morgan fingerprint density at radius 1 is 1.14 bits per heavy atom. The van der Waals surface area contributed by atoms with Gasteiger partial charge < -0.3 is 9.47 Å². The smallest absolute Gasteiger partial charge is 0.203 e. The molecule has 0 aliphatic rings. The number of aryl methyl sites for hydroxylation is 2. The summed E-state index contributed by atoms with van der Waals surface area (Å²) < 4.78 is 11.9. The highest BCUT2D eigenvalue weighted by Crippen LogP contribution is 2.26. The number of ether oxygens (including phenoxy) is 2. The Balaban J connectivity index is 2.11. The van der Waals surface area contributed by atoms with Crippen molar-refractivity contribution in [3.63, 3.8) is 0 Å². The van der Waals surface area contributed by atoms with Crippen LogP contribution in [0.5, 0.6) is 11.5 Å². The number of carbonyl (C=O) groups excluding carboxylic acids is 1. The second-order valence-corrected chi connectivity index (χ2v) is 5.58. The van der Waals surface area contributed by atoms with E-state index in [4.69, 9.17) is 9.47 Å². The van der Waals surface area contributed by atoms with Crippen LogP contribution in [0.1, 0.15) is 21.5 Å². The van der Waals surface area contributed by atoms with Crippen molar-refractivity contribution in [3.05, 3.63) is 57.6 Å². The molecule has 0 atom stereocenters. The van der Waals surface area contributed by atoms with E-state index in [2.05, 4.69) is 15.9 Å². The first kappa shape index (κ1) is 15.6. The van der Waals surface area contributed by atoms with Gasteiger partial charge in [-0.1, -0.05) is 28.1 Å². The first-order valence-electron chi connectivity index (χ1n) is 6.58. The summed E-state index contributed by atoms with van der Waals surface area (Å²) in [5.74, 6) is 1.15. The normalized spacial score (nSPS) is 10.3. The molecule has 110 valence electrons. The highest BCUT2D eigenvalue weighted by atomic mass is 79.9. The molecule has 0 amide bonds. The largest absolute Gasteiger partial charge is 0.496 e. The number of hydrogen-bond acceptors (Lipinski definition) is 3. The highest BCUT2D eigenvalue weighted by molar-refractivity contribution is 9.10. The van der Waals surface area contributed by atoms with Gasteiger partial charge in [0.2, 0.25) is 5.78 Å². The fraction of sp³-hybridized carbons (Fsp3) is 0.235. The standard InChI is InChI=1S/C17H17BrO3/c1-11-8-13(9-12(2)17(11)18)21-10-15(19)14-6-4-5-7-16(14)20-3/h4-9H,10H2,1-3H3. The van der Waals surface area contributed by atoms with Gasteiger partial charge in [0.05, 0.1) is 12.7 Å². The summed E-state index contributed by atoms with van der Waals surface area (Å²) in [6, 6.07) is 11.0. The van der Waals surface area contributed by atoms with Crippen molar-refractivity contribution in [1.82, 2.24) is 0 Å². The number of ketones is 1. The Morgan fingerprint density at radius 2 is 1.76 bits per heavy atom. The second kappa shape index (κ2) is 6.76. The third kappa shape index (κ3) is 3.64. The van der Waals surface area contributed by atoms with Crippen molar-refractivity contribution in [3.8, 4) is 11.5 Å². The van der Waals surface area contributed by atoms with Gasteiger partial charge in [0.25, 0.3) is 0 Å². The highest BCUT2D eigenvalue weighted by Gasteiger charge is 2.12. The van der Waals surface area contributed by atoms with Crippen LogP contribution in [0.25, 0.3) is 0 Å². The molecule has 0 heterocycles. The molecule has 0 aromatic heterocycles. The molecular formula is C17H17BrO3. The molecule has 3 nitrogen and oxygen atoms in total. The molecule has 0 radical (unpaired) electrons. The van der Waals surface area contributed by atoms with E-state index in [0.717, 1.165) is 15.6 Å². The molecule has 2 rings (SSSR count). The third-order valence-electron chi connectivity index (χ3n) is 3.19. The Hall–Kier alpha value is -1.81. The van der Waals surface area contributed by atoms with Crippen LogP contribution in [0.3, 0.4) is 0 Å². The number of rotatable bonds is 5. The minimum atomic E-state index is -0.106. The molecule has 0 N–H and O–H groups in total. The first-order valence-corrected chi connectivity index (χ1v) is 7.38. The maximum Gasteiger partial charge on any atom is 0.203 e. The van der Waals surface area contributed by atoms with Gasteiger partial charge >= 0.3 is 0 Å². The molecule has 0 spiro atoms. The quantitative estimate of drug-likeness (QED) is 0.754. The molecule has 2 aromatic rings. The van der Waals surface area contributed by atoms with Gasteiger partial charge in [0.1, 0.15) is 11.5 Å². The predicted octanol–water partition coefficient (Wildman–Crippen LogP) is 4.34. The molecular weight excluding hydrogens is 332 g/mol. The van der Waals surface area contributed by atoms with Gasteiger partial charge in [0, 0.05) is 4.47 Å². The lowest BCUT2D eigenvalue weighted by molar-refractivity contribution is 0.0918. The van der Waals surface area contributed by atoms with Crippen molar-refractivity contribution in [1.29, 1.82) is 0 Å². The summed E-state index contributed by atoms with van der Waals surface area (Å²) in [4.78, 5) is 12.2. The van der Waals surface area contributed by atoms with Gasteiger partial charge in [-0.3, -0.25) is 4.79 Å². The maximum absolute atomic E-state index is 12.2. The minimum absolute atomic E-state index is 0.0130. The molecule has 0 saturated carbocycles. The van der Waals surface area contributed by atoms with Crippen LogP contribution in [-0.2, 0) is 0 Å². The summed E-state index contributed by atoms with van der Waals surface area (Å²) >= 11 is 3.51. The van der Waals surface area contributed by atoms with E-state index in [0.29, 0.717) is 17.1 Å². The Bertz CT molecular complexity index is 642. The van der Waals surface area contributed by atoms with Gasteiger partial charge in [-0.05, 0) is 49.2 Å². The van der Waals surface area contributed by atoms with Gasteiger partial charge in [0.15, 0.2) is 6.61 Å². The monoisotopic (exact) mass is 348 g/mol. The lowest BCUT2D eigenvalue weighted by Gasteiger charge is -2.11. The topological polar surface area (TPSA) is 35.5 Å². The number of benzene rings is 2. The summed E-state index contributed by atoms with van der Waals surface area (Å²) in [5.41, 5.74) is 2.69. The van der Waals surface area contributed by atoms with E-state index < -0.39 is 0 Å². The van der Waals surface area contributed by atoms with Crippen LogP contribution in [0.2, 0.25) is 0 Å². The Kier molecular flexibility index (Phi) is 5.02. The first-order chi connectivity index (χ1) is 10.0. The van der Waals surface area contributed by atoms with E-state index >= 15 is 0 Å². The fourth-order valence-electron chi connectivity index (χ4n) is 2.09. The van der Waals surface area contributed by atoms with E-state index in [1.807, 2.05) is 38.1 Å². The van der Waals surface area contributed by atoms with E-state index in [9.17, 15) is 4.79 Å². The number of carbonyl (C=O) groups is 1. The Labute approximate surface area is 133 Å². The molecule has 4 heteroatoms. The van der Waals surface area contributed by atoms with Crippen molar-refractivity contribution >= 4 is 21.7 Å². The van der Waals surface area contributed by atoms with Crippen LogP contribution in [0.4, 0.5) is 0 Å². The number of halogens is 1. The van der Waals surface area contributed by atoms with Crippen molar-refractivity contribution in [2.24, 2.45) is 0 Å². The third-order valence-corrected chi connectivity index (χ3v) is 4.44. The fourth-order valence-corrected chi connectivity index (χ4v) is 2.32. The molecule has 0 unspecified atom stereocenters. The molecule has 0 bridgehead atoms. The maximum atomic E-state index is 12.2. The van der Waals surface area contributed by atoms with E-state index in [1.54, 1.807) is 19.2 Å². The molecule has 0 fully saturated rings. The van der Waals surface area contributed by atoms with Crippen LogP contribution in [-0.4, -0.2) is 19.5 Å². The van der Waals surface area contributed by atoms with Crippen molar-refractivity contribution in [2.75, 3.05) is 13.7 Å². The number of Topliss-reactive ketones (excluding diaryl/α,β-unsaturated/α-hetero) is 1. The molecule has 0 saturated heterocycles. The lowest BCUT2D eigenvalue weighted by Crippen LogP contribution is -2.12. The zero-order chi connectivity index (χ0) is 15.4. The number of methoxy groups -OCH3 is 1. The zero-order valence-corrected chi connectivity index (χ0v) is 13.9. The van der Waals surface area contributed by atoms with Gasteiger partial charge in [-0.25, -0.2) is 0 Å². The van der Waals surface area contributed by atoms with Crippen LogP contribution < -0.4 is 9.47 Å². The molecule has 21 heavy (non-hydrogen) atoms. The molecule has 0 aliphatic carbocycles. The summed E-state index contributed by atoms with van der Waals surface area (Å²) in [6.07, 6.45) is 0. The van der Waals surface area contributed by atoms with Gasteiger partial charge in [-0.15, -0.1) is 0 Å². The van der Waals surface area contributed by atoms with E-state index in [1.165, 1.54) is 0 Å². The molecule has 2 aromatic carbocycles. The second-order valence-electron chi connectivity index (χ2n) is 4.78. The van der Waals surface area contributed by atoms with E-state index in [-0.39, 0.29) is 12.4 Å². The summed E-state index contributed by atoms with van der Waals surface area (Å²) in [5, 5.41) is 0. The van der Waals surface area contributed by atoms with Gasteiger partial charge in [-0.2, -0.15) is 0 Å². The number of hydrogen-bond donors (Lipinski definition) is 0. The average molecular weight is 349 g/mol. The summed E-state index contributed by atoms with van der Waals surface area (Å²) in [6.45, 7) is 3.97. The van der Waals surface area contributed by atoms with Crippen LogP contribution in [0.15, 0.2) is 40.9 Å². The summed E-state index contributed by atoms with van der Waals surface area (Å²) in [7, 11) is 1.55. The van der Waals surface area contributed by atoms with Crippen LogP contribution in [0, 0.1) is 13.8 Å². The SMILES string of the molecule is COc1ccccc1C(=O)COc1cc(C)c(Br)c(C)c1.